The largest absolute Gasteiger partial charge is 0.472 e. The molecule has 0 spiro atoms. The van der Waals surface area contributed by atoms with Crippen LogP contribution in [0.25, 0.3) is 12.2 Å². The van der Waals surface area contributed by atoms with Gasteiger partial charge in [0.25, 0.3) is 5.91 Å². The van der Waals surface area contributed by atoms with E-state index >= 15 is 0 Å². The molecule has 33 heavy (non-hydrogen) atoms. The Hall–Kier alpha value is -2.75. The maximum absolute atomic E-state index is 13.4. The van der Waals surface area contributed by atoms with Crippen LogP contribution in [0.2, 0.25) is 0 Å². The average Bonchev–Trinajstić information content (AvgIpc) is 2.79. The SMILES string of the molecule is C[C@H](CO)N1C[C@H](C)[C@@H](CN(C)S(C)(=O)=O)Oc2ncc(/C=C/c3ccccc3)cc2C1=O. The summed E-state index contributed by atoms with van der Waals surface area (Å²) >= 11 is 0. The van der Waals surface area contributed by atoms with E-state index in [4.69, 9.17) is 4.74 Å². The molecule has 8 nitrogen and oxygen atoms in total. The predicted octanol–water partition coefficient (Wildman–Crippen LogP) is 2.36. The molecule has 3 atom stereocenters. The van der Waals surface area contributed by atoms with Gasteiger partial charge in [0, 0.05) is 25.7 Å². The number of carbonyl (C=O) groups is 1. The Bertz CT molecular complexity index is 1100. The fourth-order valence-corrected chi connectivity index (χ4v) is 3.99. The normalized spacial score (nSPS) is 20.3. The van der Waals surface area contributed by atoms with Crippen LogP contribution in [-0.4, -0.2) is 78.8 Å². The molecule has 1 aromatic heterocycles. The number of aliphatic hydroxyl groups excluding tert-OH is 1. The third-order valence-corrected chi connectivity index (χ3v) is 7.09. The van der Waals surface area contributed by atoms with E-state index in [1.807, 2.05) is 49.4 Å². The molecular weight excluding hydrogens is 442 g/mol. The van der Waals surface area contributed by atoms with Crippen LogP contribution in [0, 0.1) is 5.92 Å². The molecule has 9 heteroatoms. The third kappa shape index (κ3) is 6.19. The Balaban J connectivity index is 1.99. The molecule has 0 radical (unpaired) electrons. The van der Waals surface area contributed by atoms with Gasteiger partial charge < -0.3 is 14.7 Å². The number of benzene rings is 1. The van der Waals surface area contributed by atoms with Crippen LogP contribution in [0.3, 0.4) is 0 Å². The minimum atomic E-state index is -3.41. The first-order chi connectivity index (χ1) is 15.6. The minimum Gasteiger partial charge on any atom is -0.472 e. The molecule has 0 saturated heterocycles. The number of pyridine rings is 1. The van der Waals surface area contributed by atoms with E-state index < -0.39 is 22.2 Å². The van der Waals surface area contributed by atoms with E-state index in [1.165, 1.54) is 11.4 Å². The Morgan fingerprint density at radius 1 is 1.27 bits per heavy atom. The number of sulfonamides is 1. The number of aromatic nitrogens is 1. The summed E-state index contributed by atoms with van der Waals surface area (Å²) in [5.74, 6) is -0.319. The van der Waals surface area contributed by atoms with Gasteiger partial charge in [-0.05, 0) is 24.1 Å². The predicted molar refractivity (Wildman–Crippen MR) is 128 cm³/mol. The zero-order chi connectivity index (χ0) is 24.2. The number of carbonyl (C=O) groups excluding carboxylic acids is 1. The van der Waals surface area contributed by atoms with Gasteiger partial charge in [-0.2, -0.15) is 0 Å². The summed E-state index contributed by atoms with van der Waals surface area (Å²) in [6.45, 7) is 3.91. The summed E-state index contributed by atoms with van der Waals surface area (Å²) in [5, 5.41) is 9.74. The molecule has 1 aliphatic heterocycles. The first-order valence-electron chi connectivity index (χ1n) is 10.8. The number of fused-ring (bicyclic) bond motifs is 1. The summed E-state index contributed by atoms with van der Waals surface area (Å²) in [6.07, 6.45) is 6.03. The van der Waals surface area contributed by atoms with Gasteiger partial charge in [0.1, 0.15) is 11.7 Å². The molecule has 1 aromatic carbocycles. The van der Waals surface area contributed by atoms with Crippen LogP contribution in [0.1, 0.15) is 35.3 Å². The summed E-state index contributed by atoms with van der Waals surface area (Å²) in [5.41, 5.74) is 2.02. The fourth-order valence-electron chi connectivity index (χ4n) is 3.57. The van der Waals surface area contributed by atoms with Crippen LogP contribution in [-0.2, 0) is 10.0 Å². The molecule has 2 heterocycles. The van der Waals surface area contributed by atoms with Crippen molar-refractivity contribution >= 4 is 28.1 Å². The molecule has 1 N–H and O–H groups in total. The molecule has 1 aliphatic rings. The van der Waals surface area contributed by atoms with Crippen molar-refractivity contribution in [1.82, 2.24) is 14.2 Å². The second-order valence-corrected chi connectivity index (χ2v) is 10.6. The van der Waals surface area contributed by atoms with Gasteiger partial charge in [0.2, 0.25) is 15.9 Å². The molecule has 0 aliphatic carbocycles. The first kappa shape index (κ1) is 24.9. The number of nitrogens with zero attached hydrogens (tertiary/aromatic N) is 3. The second kappa shape index (κ2) is 10.5. The number of ether oxygens (including phenoxy) is 1. The maximum Gasteiger partial charge on any atom is 0.259 e. The van der Waals surface area contributed by atoms with Gasteiger partial charge in [-0.3, -0.25) is 4.79 Å². The number of hydrogen-bond acceptors (Lipinski definition) is 6. The van der Waals surface area contributed by atoms with Gasteiger partial charge in [-0.1, -0.05) is 49.4 Å². The van der Waals surface area contributed by atoms with Crippen LogP contribution in [0.5, 0.6) is 5.88 Å². The molecule has 3 rings (SSSR count). The molecule has 1 amide bonds. The maximum atomic E-state index is 13.4. The summed E-state index contributed by atoms with van der Waals surface area (Å²) < 4.78 is 31.3. The second-order valence-electron chi connectivity index (χ2n) is 8.53. The van der Waals surface area contributed by atoms with Gasteiger partial charge in [-0.25, -0.2) is 17.7 Å². The van der Waals surface area contributed by atoms with E-state index in [0.29, 0.717) is 6.54 Å². The van der Waals surface area contributed by atoms with E-state index in [9.17, 15) is 18.3 Å². The zero-order valence-electron chi connectivity index (χ0n) is 19.4. The highest BCUT2D eigenvalue weighted by Crippen LogP contribution is 2.28. The highest BCUT2D eigenvalue weighted by atomic mass is 32.2. The number of aliphatic hydroxyl groups is 1. The number of likely N-dealkylation sites (N-methyl/N-ethyl adjacent to an activating group) is 1. The summed E-state index contributed by atoms with van der Waals surface area (Å²) in [6, 6.07) is 11.1. The molecule has 178 valence electrons. The van der Waals surface area contributed by atoms with E-state index in [0.717, 1.165) is 17.4 Å². The Labute approximate surface area is 195 Å². The van der Waals surface area contributed by atoms with Crippen molar-refractivity contribution in [3.8, 4) is 5.88 Å². The van der Waals surface area contributed by atoms with Gasteiger partial charge in [0.15, 0.2) is 0 Å². The van der Waals surface area contributed by atoms with Gasteiger partial charge >= 0.3 is 0 Å². The summed E-state index contributed by atoms with van der Waals surface area (Å²) in [7, 11) is -1.91. The van der Waals surface area contributed by atoms with E-state index in [1.54, 1.807) is 24.1 Å². The minimum absolute atomic E-state index is 0.117. The molecule has 0 fully saturated rings. The monoisotopic (exact) mass is 473 g/mol. The van der Waals surface area contributed by atoms with Crippen molar-refractivity contribution in [2.75, 3.05) is 33.0 Å². The number of rotatable bonds is 7. The lowest BCUT2D eigenvalue weighted by Crippen LogP contribution is -2.50. The van der Waals surface area contributed by atoms with E-state index in [-0.39, 0.29) is 36.4 Å². The van der Waals surface area contributed by atoms with Crippen molar-refractivity contribution in [1.29, 1.82) is 0 Å². The van der Waals surface area contributed by atoms with Gasteiger partial charge in [0.05, 0.1) is 25.4 Å². The zero-order valence-corrected chi connectivity index (χ0v) is 20.2. The Morgan fingerprint density at radius 3 is 2.58 bits per heavy atom. The Morgan fingerprint density at radius 2 is 1.94 bits per heavy atom. The molecule has 2 aromatic rings. The standard InChI is InChI=1S/C24H31N3O5S/c1-17-14-27(18(2)16-28)24(29)21-12-20(11-10-19-8-6-5-7-9-19)13-25-23(21)32-22(17)15-26(3)33(4,30)31/h5-13,17-18,22,28H,14-16H2,1-4H3/b11-10+/t17-,18+,22+/m0/s1. The third-order valence-electron chi connectivity index (χ3n) is 5.81. The van der Waals surface area contributed by atoms with Crippen LogP contribution in [0.15, 0.2) is 42.6 Å². The topological polar surface area (TPSA) is 100 Å². The fraction of sp³-hybridized carbons (Fsp3) is 0.417. The quantitative estimate of drug-likeness (QED) is 0.663. The van der Waals surface area contributed by atoms with Crippen LogP contribution < -0.4 is 4.74 Å². The lowest BCUT2D eigenvalue weighted by Gasteiger charge is -2.37. The van der Waals surface area contributed by atoms with Gasteiger partial charge in [-0.15, -0.1) is 0 Å². The lowest BCUT2D eigenvalue weighted by molar-refractivity contribution is 0.0373. The van der Waals surface area contributed by atoms with Crippen LogP contribution >= 0.6 is 0 Å². The molecule has 0 bridgehead atoms. The van der Waals surface area contributed by atoms with Crippen molar-refractivity contribution < 1.29 is 23.1 Å². The molecular formula is C24H31N3O5S. The molecule has 0 saturated carbocycles. The average molecular weight is 474 g/mol. The van der Waals surface area contributed by atoms with Crippen molar-refractivity contribution in [3.63, 3.8) is 0 Å². The van der Waals surface area contributed by atoms with E-state index in [2.05, 4.69) is 4.98 Å². The highest BCUT2D eigenvalue weighted by Gasteiger charge is 2.35. The number of amides is 1. The van der Waals surface area contributed by atoms with Crippen LogP contribution in [0.4, 0.5) is 0 Å². The highest BCUT2D eigenvalue weighted by molar-refractivity contribution is 7.88. The number of hydrogen-bond donors (Lipinski definition) is 1. The van der Waals surface area contributed by atoms with Crippen molar-refractivity contribution in [2.24, 2.45) is 5.92 Å². The van der Waals surface area contributed by atoms with Crippen molar-refractivity contribution in [3.05, 3.63) is 59.3 Å². The Kier molecular flexibility index (Phi) is 7.88. The lowest BCUT2D eigenvalue weighted by atomic mass is 10.00. The van der Waals surface area contributed by atoms with Crippen molar-refractivity contribution in [2.45, 2.75) is 26.0 Å². The smallest absolute Gasteiger partial charge is 0.259 e. The first-order valence-corrected chi connectivity index (χ1v) is 12.7. The molecule has 0 unspecified atom stereocenters. The summed E-state index contributed by atoms with van der Waals surface area (Å²) in [4.78, 5) is 19.4.